The van der Waals surface area contributed by atoms with Crippen LogP contribution in [0.5, 0.6) is 0 Å². The lowest BCUT2D eigenvalue weighted by Crippen LogP contribution is -1.91. The van der Waals surface area contributed by atoms with Gasteiger partial charge in [-0.2, -0.15) is 12.6 Å². The van der Waals surface area contributed by atoms with Gasteiger partial charge in [0.15, 0.2) is 0 Å². The van der Waals surface area contributed by atoms with Crippen LogP contribution in [0.2, 0.25) is 13.1 Å². The fraction of sp³-hybridized carbons (Fsp3) is 0.600. The Labute approximate surface area is 52.6 Å². The molecule has 0 amide bonds. The van der Waals surface area contributed by atoms with E-state index in [1.807, 2.05) is 0 Å². The summed E-state index contributed by atoms with van der Waals surface area (Å²) in [5.74, 6) is 0.894. The van der Waals surface area contributed by atoms with Crippen molar-refractivity contribution >= 4 is 21.4 Å². The second kappa shape index (κ2) is 4.47. The van der Waals surface area contributed by atoms with Crippen molar-refractivity contribution in [3.05, 3.63) is 11.8 Å². The highest BCUT2D eigenvalue weighted by molar-refractivity contribution is 7.80. The lowest BCUT2D eigenvalue weighted by atomic mass is 10.8. The lowest BCUT2D eigenvalue weighted by molar-refractivity contribution is 1.80. The highest BCUT2D eigenvalue weighted by Gasteiger charge is 1.81. The van der Waals surface area contributed by atoms with E-state index in [2.05, 4.69) is 37.5 Å². The molecule has 2 heteroatoms. The molecule has 0 N–H and O–H groups in total. The van der Waals surface area contributed by atoms with Crippen LogP contribution in [0, 0.1) is 0 Å². The summed E-state index contributed by atoms with van der Waals surface area (Å²) >= 11 is 4.03. The van der Waals surface area contributed by atoms with E-state index in [1.165, 1.54) is 0 Å². The third-order valence-electron chi connectivity index (χ3n) is 0.626. The Kier molecular flexibility index (Phi) is 4.66. The van der Waals surface area contributed by atoms with Gasteiger partial charge in [0.1, 0.15) is 0 Å². The number of thiol groups is 1. The molecule has 7 heavy (non-hydrogen) atoms. The SMILES string of the molecule is C[SiH](C)C=CCS. The van der Waals surface area contributed by atoms with Gasteiger partial charge in [-0.25, -0.2) is 0 Å². The minimum atomic E-state index is -0.418. The summed E-state index contributed by atoms with van der Waals surface area (Å²) in [5.41, 5.74) is 2.28. The molecule has 0 rings (SSSR count). The average molecular weight is 132 g/mol. The Morgan fingerprint density at radius 3 is 2.29 bits per heavy atom. The molecule has 0 aliphatic rings. The van der Waals surface area contributed by atoms with Crippen LogP contribution >= 0.6 is 12.6 Å². The number of hydrogen-bond donors (Lipinski definition) is 1. The van der Waals surface area contributed by atoms with E-state index >= 15 is 0 Å². The van der Waals surface area contributed by atoms with Gasteiger partial charge in [-0.15, -0.1) is 5.70 Å². The standard InChI is InChI=1S/C5H12SSi/c1-7(2)5-3-4-6/h3,5-7H,4H2,1-2H3. The Morgan fingerprint density at radius 2 is 2.14 bits per heavy atom. The van der Waals surface area contributed by atoms with E-state index in [0.29, 0.717) is 0 Å². The van der Waals surface area contributed by atoms with Gasteiger partial charge >= 0.3 is 0 Å². The van der Waals surface area contributed by atoms with Gasteiger partial charge in [-0.1, -0.05) is 19.2 Å². The van der Waals surface area contributed by atoms with Crippen molar-refractivity contribution in [1.29, 1.82) is 0 Å². The van der Waals surface area contributed by atoms with E-state index in [1.54, 1.807) is 0 Å². The van der Waals surface area contributed by atoms with E-state index in [0.717, 1.165) is 5.75 Å². The van der Waals surface area contributed by atoms with E-state index < -0.39 is 8.80 Å². The second-order valence-corrected chi connectivity index (χ2v) is 5.09. The van der Waals surface area contributed by atoms with Crippen molar-refractivity contribution in [2.24, 2.45) is 0 Å². The first-order valence-electron chi connectivity index (χ1n) is 2.55. The van der Waals surface area contributed by atoms with E-state index in [-0.39, 0.29) is 0 Å². The lowest BCUT2D eigenvalue weighted by Gasteiger charge is -1.86. The van der Waals surface area contributed by atoms with Gasteiger partial charge in [0, 0.05) is 5.75 Å². The first kappa shape index (κ1) is 7.31. The minimum Gasteiger partial charge on any atom is -0.175 e. The summed E-state index contributed by atoms with van der Waals surface area (Å²) in [6.07, 6.45) is 2.12. The van der Waals surface area contributed by atoms with E-state index in [9.17, 15) is 0 Å². The molecule has 0 aliphatic carbocycles. The molecule has 0 saturated carbocycles. The molecule has 0 unspecified atom stereocenters. The molecular weight excluding hydrogens is 120 g/mol. The van der Waals surface area contributed by atoms with Crippen LogP contribution in [0.1, 0.15) is 0 Å². The molecule has 0 heterocycles. The third-order valence-corrected chi connectivity index (χ3v) is 1.88. The van der Waals surface area contributed by atoms with Crippen molar-refractivity contribution in [2.75, 3.05) is 5.75 Å². The third kappa shape index (κ3) is 6.31. The largest absolute Gasteiger partial charge is 0.175 e. The van der Waals surface area contributed by atoms with Gasteiger partial charge in [0.25, 0.3) is 0 Å². The van der Waals surface area contributed by atoms with Gasteiger partial charge < -0.3 is 0 Å². The van der Waals surface area contributed by atoms with Gasteiger partial charge in [-0.3, -0.25) is 0 Å². The van der Waals surface area contributed by atoms with Crippen LogP contribution in [0.15, 0.2) is 11.8 Å². The molecule has 0 aromatic rings. The van der Waals surface area contributed by atoms with Gasteiger partial charge in [0.2, 0.25) is 0 Å². The quantitative estimate of drug-likeness (QED) is 0.427. The summed E-state index contributed by atoms with van der Waals surface area (Å²) in [5, 5.41) is 0. The minimum absolute atomic E-state index is 0.418. The van der Waals surface area contributed by atoms with Crippen LogP contribution < -0.4 is 0 Å². The maximum Gasteiger partial charge on any atom is 0.0550 e. The average Bonchev–Trinajstić information content (AvgIpc) is 1.61. The van der Waals surface area contributed by atoms with Crippen LogP contribution in [0.25, 0.3) is 0 Å². The molecule has 0 aromatic carbocycles. The topological polar surface area (TPSA) is 0 Å². The van der Waals surface area contributed by atoms with Crippen molar-refractivity contribution in [1.82, 2.24) is 0 Å². The molecule has 0 fully saturated rings. The van der Waals surface area contributed by atoms with Gasteiger partial charge in [0.05, 0.1) is 8.80 Å². The summed E-state index contributed by atoms with van der Waals surface area (Å²) in [6.45, 7) is 4.58. The van der Waals surface area contributed by atoms with Crippen molar-refractivity contribution in [3.8, 4) is 0 Å². The molecule has 0 spiro atoms. The van der Waals surface area contributed by atoms with Crippen LogP contribution in [-0.4, -0.2) is 14.5 Å². The maximum atomic E-state index is 4.03. The number of hydrogen-bond acceptors (Lipinski definition) is 1. The smallest absolute Gasteiger partial charge is 0.0550 e. The zero-order chi connectivity index (χ0) is 5.70. The number of rotatable bonds is 2. The first-order chi connectivity index (χ1) is 3.27. The highest BCUT2D eigenvalue weighted by atomic mass is 32.1. The molecule has 0 aromatic heterocycles. The van der Waals surface area contributed by atoms with Crippen LogP contribution in [0.4, 0.5) is 0 Å². The predicted molar refractivity (Wildman–Crippen MR) is 41.9 cm³/mol. The van der Waals surface area contributed by atoms with E-state index in [4.69, 9.17) is 0 Å². The Morgan fingerprint density at radius 1 is 1.57 bits per heavy atom. The normalized spacial score (nSPS) is 11.4. The van der Waals surface area contributed by atoms with Crippen LogP contribution in [-0.2, 0) is 0 Å². The van der Waals surface area contributed by atoms with Crippen LogP contribution in [0.3, 0.4) is 0 Å². The molecule has 0 atom stereocenters. The zero-order valence-electron chi connectivity index (χ0n) is 4.89. The fourth-order valence-electron chi connectivity index (χ4n) is 0.333. The maximum absolute atomic E-state index is 4.03. The summed E-state index contributed by atoms with van der Waals surface area (Å²) in [6, 6.07) is 0. The molecule has 0 bridgehead atoms. The highest BCUT2D eigenvalue weighted by Crippen LogP contribution is 1.82. The molecule has 0 saturated heterocycles. The van der Waals surface area contributed by atoms with Crippen molar-refractivity contribution < 1.29 is 0 Å². The molecule has 0 radical (unpaired) electrons. The molecule has 42 valence electrons. The second-order valence-electron chi connectivity index (χ2n) is 1.85. The van der Waals surface area contributed by atoms with Crippen molar-refractivity contribution in [2.45, 2.75) is 13.1 Å². The fourth-order valence-corrected chi connectivity index (χ4v) is 1.36. The Hall–Kier alpha value is 0.307. The Balaban J connectivity index is 3.08. The molecule has 0 aliphatic heterocycles. The summed E-state index contributed by atoms with van der Waals surface area (Å²) < 4.78 is 0. The van der Waals surface area contributed by atoms with Crippen molar-refractivity contribution in [3.63, 3.8) is 0 Å². The monoisotopic (exact) mass is 132 g/mol. The zero-order valence-corrected chi connectivity index (χ0v) is 6.94. The Bertz CT molecular complexity index is 59.1. The first-order valence-corrected chi connectivity index (χ1v) is 6.15. The molecule has 0 nitrogen and oxygen atoms in total. The summed E-state index contributed by atoms with van der Waals surface area (Å²) in [4.78, 5) is 0. The molecular formula is C5H12SSi. The summed E-state index contributed by atoms with van der Waals surface area (Å²) in [7, 11) is -0.418. The van der Waals surface area contributed by atoms with Gasteiger partial charge in [-0.05, 0) is 0 Å². The predicted octanol–water partition coefficient (Wildman–Crippen LogP) is 1.50.